The van der Waals surface area contributed by atoms with Gasteiger partial charge in [-0.05, 0) is 56.2 Å². The van der Waals surface area contributed by atoms with Gasteiger partial charge in [-0.15, -0.1) is 0 Å². The molecule has 0 radical (unpaired) electrons. The zero-order valence-corrected chi connectivity index (χ0v) is 23.7. The number of benzene rings is 2. The van der Waals surface area contributed by atoms with Gasteiger partial charge in [-0.25, -0.2) is 4.98 Å². The minimum absolute atomic E-state index is 0.0401. The van der Waals surface area contributed by atoms with Gasteiger partial charge >= 0.3 is 0 Å². The van der Waals surface area contributed by atoms with E-state index in [9.17, 15) is 9.59 Å². The Morgan fingerprint density at radius 2 is 1.68 bits per heavy atom. The molecule has 2 aliphatic heterocycles. The van der Waals surface area contributed by atoms with Crippen LogP contribution in [-0.2, 0) is 11.3 Å². The van der Waals surface area contributed by atoms with Crippen molar-refractivity contribution in [2.75, 3.05) is 44.2 Å². The number of fused-ring (bicyclic) bond motifs is 1. The molecule has 0 atom stereocenters. The molecule has 3 heterocycles. The monoisotopic (exact) mass is 553 g/mol. The molecule has 1 aliphatic carbocycles. The molecule has 8 heteroatoms. The lowest BCUT2D eigenvalue weighted by Gasteiger charge is -2.42. The molecule has 214 valence electrons. The van der Waals surface area contributed by atoms with Gasteiger partial charge < -0.3 is 19.4 Å². The predicted molar refractivity (Wildman–Crippen MR) is 158 cm³/mol. The lowest BCUT2D eigenvalue weighted by atomic mass is 9.75. The van der Waals surface area contributed by atoms with Crippen LogP contribution in [-0.4, -0.2) is 70.9 Å². The molecule has 3 aromatic rings. The molecule has 3 aliphatic rings. The smallest absolute Gasteiger partial charge is 0.257 e. The number of carbonyl (C=O) groups excluding carboxylic acids is 2. The van der Waals surface area contributed by atoms with E-state index in [0.717, 1.165) is 69.5 Å². The molecule has 1 saturated carbocycles. The first-order valence-corrected chi connectivity index (χ1v) is 15.0. The first-order valence-electron chi connectivity index (χ1n) is 15.0. The van der Waals surface area contributed by atoms with Crippen molar-refractivity contribution >= 4 is 17.6 Å². The highest BCUT2D eigenvalue weighted by Gasteiger charge is 2.40. The van der Waals surface area contributed by atoms with E-state index >= 15 is 0 Å². The first-order chi connectivity index (χ1) is 20.1. The van der Waals surface area contributed by atoms with E-state index in [-0.39, 0.29) is 17.2 Å². The second kappa shape index (κ2) is 12.3. The molecule has 2 aromatic carbocycles. The standard InChI is InChI=1S/C33H39N5O3/c39-31(27-11-12-27)37-19-14-33(15-20-37)13-6-18-36(30-23-34-16-17-35-30)21-22-38(24-26-7-2-1-3-8-26)32(40)28-9-4-5-10-29(28)41-25-33/h1-5,7-10,16-17,23,27H,6,11-15,18-22,24-25H2. The van der Waals surface area contributed by atoms with Crippen LogP contribution in [0.2, 0.25) is 0 Å². The maximum absolute atomic E-state index is 14.1. The van der Waals surface area contributed by atoms with Crippen molar-refractivity contribution in [3.05, 3.63) is 84.3 Å². The predicted octanol–water partition coefficient (Wildman–Crippen LogP) is 4.82. The molecule has 1 aromatic heterocycles. The van der Waals surface area contributed by atoms with Crippen LogP contribution >= 0.6 is 0 Å². The molecular formula is C33H39N5O3. The molecule has 0 bridgehead atoms. The van der Waals surface area contributed by atoms with E-state index in [2.05, 4.69) is 31.9 Å². The Labute approximate surface area is 242 Å². The molecule has 6 rings (SSSR count). The number of aromatic nitrogens is 2. The van der Waals surface area contributed by atoms with Crippen LogP contribution in [0.1, 0.15) is 54.4 Å². The zero-order chi connectivity index (χ0) is 28.1. The summed E-state index contributed by atoms with van der Waals surface area (Å²) in [5.74, 6) is 1.99. The number of amides is 2. The topological polar surface area (TPSA) is 78.9 Å². The van der Waals surface area contributed by atoms with Crippen LogP contribution in [0.25, 0.3) is 0 Å². The number of para-hydroxylation sites is 1. The van der Waals surface area contributed by atoms with Gasteiger partial charge in [0.25, 0.3) is 5.91 Å². The first kappa shape index (κ1) is 27.2. The molecule has 0 N–H and O–H groups in total. The van der Waals surface area contributed by atoms with E-state index in [1.165, 1.54) is 0 Å². The van der Waals surface area contributed by atoms with Crippen LogP contribution in [0.3, 0.4) is 0 Å². The molecule has 1 spiro atoms. The number of carbonyl (C=O) groups is 2. The van der Waals surface area contributed by atoms with E-state index in [1.54, 1.807) is 18.6 Å². The van der Waals surface area contributed by atoms with Crippen LogP contribution in [0.5, 0.6) is 5.75 Å². The normalized spacial score (nSPS) is 19.9. The molecule has 8 nitrogen and oxygen atoms in total. The number of rotatable bonds is 4. The Bertz CT molecular complexity index is 1320. The average Bonchev–Trinajstić information content (AvgIpc) is 3.87. The summed E-state index contributed by atoms with van der Waals surface area (Å²) in [4.78, 5) is 42.0. The highest BCUT2D eigenvalue weighted by Crippen LogP contribution is 2.40. The summed E-state index contributed by atoms with van der Waals surface area (Å²) < 4.78 is 6.54. The fourth-order valence-corrected chi connectivity index (χ4v) is 6.16. The molecule has 0 unspecified atom stereocenters. The van der Waals surface area contributed by atoms with E-state index in [0.29, 0.717) is 43.5 Å². The van der Waals surface area contributed by atoms with E-state index in [1.807, 2.05) is 47.4 Å². The Morgan fingerprint density at radius 1 is 0.902 bits per heavy atom. The summed E-state index contributed by atoms with van der Waals surface area (Å²) in [6.45, 7) is 4.60. The fourth-order valence-electron chi connectivity index (χ4n) is 6.16. The number of piperidine rings is 1. The molecular weight excluding hydrogens is 514 g/mol. The molecule has 2 amide bonds. The van der Waals surface area contributed by atoms with Gasteiger partial charge in [0.1, 0.15) is 11.6 Å². The lowest BCUT2D eigenvalue weighted by Crippen LogP contribution is -2.46. The zero-order valence-electron chi connectivity index (χ0n) is 23.7. The summed E-state index contributed by atoms with van der Waals surface area (Å²) in [6.07, 6.45) is 11.1. The van der Waals surface area contributed by atoms with Crippen molar-refractivity contribution in [1.82, 2.24) is 19.8 Å². The summed E-state index contributed by atoms with van der Waals surface area (Å²) in [5.41, 5.74) is 1.62. The third-order valence-corrected chi connectivity index (χ3v) is 8.87. The van der Waals surface area contributed by atoms with Crippen molar-refractivity contribution in [1.29, 1.82) is 0 Å². The van der Waals surface area contributed by atoms with Crippen molar-refractivity contribution in [3.8, 4) is 5.75 Å². The summed E-state index contributed by atoms with van der Waals surface area (Å²) in [7, 11) is 0. The molecule has 1 saturated heterocycles. The van der Waals surface area contributed by atoms with Crippen molar-refractivity contribution < 1.29 is 14.3 Å². The summed E-state index contributed by atoms with van der Waals surface area (Å²) >= 11 is 0. The minimum Gasteiger partial charge on any atom is -0.492 e. The number of likely N-dealkylation sites (tertiary alicyclic amines) is 1. The average molecular weight is 554 g/mol. The highest BCUT2D eigenvalue weighted by atomic mass is 16.5. The Balaban J connectivity index is 1.28. The number of anilines is 1. The van der Waals surface area contributed by atoms with Crippen LogP contribution < -0.4 is 9.64 Å². The SMILES string of the molecule is O=C1c2ccccc2OCC2(CCCN(c3cnccn3)CCN1Cc1ccccc1)CCN(C(=O)C1CC1)CC2. The lowest BCUT2D eigenvalue weighted by molar-refractivity contribution is -0.135. The quantitative estimate of drug-likeness (QED) is 0.461. The van der Waals surface area contributed by atoms with Crippen molar-refractivity contribution in [3.63, 3.8) is 0 Å². The van der Waals surface area contributed by atoms with E-state index in [4.69, 9.17) is 4.74 Å². The second-order valence-corrected chi connectivity index (χ2v) is 11.8. The molecule has 41 heavy (non-hydrogen) atoms. The highest BCUT2D eigenvalue weighted by molar-refractivity contribution is 5.97. The summed E-state index contributed by atoms with van der Waals surface area (Å²) in [5, 5.41) is 0. The maximum atomic E-state index is 14.1. The van der Waals surface area contributed by atoms with Gasteiger partial charge in [-0.1, -0.05) is 42.5 Å². The number of nitrogens with zero attached hydrogens (tertiary/aromatic N) is 5. The Kier molecular flexibility index (Phi) is 8.16. The van der Waals surface area contributed by atoms with Crippen LogP contribution in [0.15, 0.2) is 73.2 Å². The minimum atomic E-state index is -0.0533. The largest absolute Gasteiger partial charge is 0.492 e. The van der Waals surface area contributed by atoms with Crippen LogP contribution in [0, 0.1) is 11.3 Å². The van der Waals surface area contributed by atoms with Gasteiger partial charge in [0.15, 0.2) is 0 Å². The third-order valence-electron chi connectivity index (χ3n) is 8.87. The Morgan fingerprint density at radius 3 is 2.44 bits per heavy atom. The van der Waals surface area contributed by atoms with Crippen molar-refractivity contribution in [2.24, 2.45) is 11.3 Å². The number of ether oxygens (including phenoxy) is 1. The fraction of sp³-hybridized carbons (Fsp3) is 0.455. The van der Waals surface area contributed by atoms with Gasteiger partial charge in [0.05, 0.1) is 18.4 Å². The Hall–Kier alpha value is -3.94. The second-order valence-electron chi connectivity index (χ2n) is 11.8. The third kappa shape index (κ3) is 6.53. The van der Waals surface area contributed by atoms with E-state index < -0.39 is 0 Å². The molecule has 2 fully saturated rings. The number of hydrogen-bond donors (Lipinski definition) is 0. The van der Waals surface area contributed by atoms with Gasteiger partial charge in [0, 0.05) is 63.0 Å². The number of hydrogen-bond acceptors (Lipinski definition) is 6. The van der Waals surface area contributed by atoms with Crippen LogP contribution in [0.4, 0.5) is 5.82 Å². The summed E-state index contributed by atoms with van der Waals surface area (Å²) in [6, 6.07) is 17.7. The maximum Gasteiger partial charge on any atom is 0.257 e. The van der Waals surface area contributed by atoms with Gasteiger partial charge in [-0.2, -0.15) is 0 Å². The van der Waals surface area contributed by atoms with Gasteiger partial charge in [0.2, 0.25) is 5.91 Å². The van der Waals surface area contributed by atoms with Crippen molar-refractivity contribution in [2.45, 2.75) is 45.1 Å². The van der Waals surface area contributed by atoms with Gasteiger partial charge in [-0.3, -0.25) is 14.6 Å².